The van der Waals surface area contributed by atoms with Crippen molar-refractivity contribution >= 4 is 28.8 Å². The monoisotopic (exact) mass is 315 g/mol. The lowest BCUT2D eigenvalue weighted by atomic mass is 10.00. The third-order valence-electron chi connectivity index (χ3n) is 3.85. The molecule has 1 aliphatic rings. The molecular weight excluding hydrogens is 298 g/mol. The van der Waals surface area contributed by atoms with Crippen molar-refractivity contribution in [2.24, 2.45) is 0 Å². The van der Waals surface area contributed by atoms with Crippen molar-refractivity contribution in [3.05, 3.63) is 36.2 Å². The van der Waals surface area contributed by atoms with Crippen LogP contribution in [0.3, 0.4) is 0 Å². The summed E-state index contributed by atoms with van der Waals surface area (Å²) in [6.45, 7) is 3.12. The second-order valence-electron chi connectivity index (χ2n) is 5.19. The smallest absolute Gasteiger partial charge is 0.417 e. The molecule has 2 aromatic heterocycles. The van der Waals surface area contributed by atoms with E-state index in [0.29, 0.717) is 31.8 Å². The maximum absolute atomic E-state index is 11.7. The second-order valence-corrected chi connectivity index (χ2v) is 5.19. The van der Waals surface area contributed by atoms with Crippen molar-refractivity contribution in [2.75, 3.05) is 19.7 Å². The SMILES string of the molecule is CCOC(=O)N1CC=C(c2cn(C(=O)O)c3ncccc23)CC1. The standard InChI is InChI=1S/C16H17N3O4/c1-2-23-16(22)18-8-5-11(6-9-18)13-10-19(15(20)21)14-12(13)4-3-7-17-14/h3-5,7,10H,2,6,8-9H2,1H3,(H,20,21). The van der Waals surface area contributed by atoms with Crippen LogP contribution in [0.4, 0.5) is 9.59 Å². The molecule has 0 saturated heterocycles. The Morgan fingerprint density at radius 1 is 1.43 bits per heavy atom. The number of hydrogen-bond acceptors (Lipinski definition) is 4. The minimum Gasteiger partial charge on any atom is -0.464 e. The van der Waals surface area contributed by atoms with Gasteiger partial charge in [-0.2, -0.15) is 0 Å². The molecule has 1 N–H and O–H groups in total. The lowest BCUT2D eigenvalue weighted by Crippen LogP contribution is -2.35. The molecule has 3 rings (SSSR count). The Morgan fingerprint density at radius 2 is 2.26 bits per heavy atom. The van der Waals surface area contributed by atoms with Gasteiger partial charge in [0.1, 0.15) is 5.65 Å². The van der Waals surface area contributed by atoms with Crippen LogP contribution in [-0.2, 0) is 4.74 Å². The van der Waals surface area contributed by atoms with Crippen molar-refractivity contribution in [1.82, 2.24) is 14.5 Å². The van der Waals surface area contributed by atoms with Gasteiger partial charge in [0.2, 0.25) is 0 Å². The second kappa shape index (κ2) is 6.12. The molecule has 0 bridgehead atoms. The Labute approximate surface area is 132 Å². The zero-order valence-corrected chi connectivity index (χ0v) is 12.7. The van der Waals surface area contributed by atoms with Gasteiger partial charge in [0, 0.05) is 36.4 Å². The third-order valence-corrected chi connectivity index (χ3v) is 3.85. The highest BCUT2D eigenvalue weighted by atomic mass is 16.6. The van der Waals surface area contributed by atoms with Crippen molar-refractivity contribution in [1.29, 1.82) is 0 Å². The van der Waals surface area contributed by atoms with E-state index in [1.165, 1.54) is 0 Å². The van der Waals surface area contributed by atoms with Gasteiger partial charge >= 0.3 is 12.2 Å². The molecule has 0 aliphatic carbocycles. The number of fused-ring (bicyclic) bond motifs is 1. The van der Waals surface area contributed by atoms with E-state index in [1.807, 2.05) is 12.1 Å². The molecule has 1 amide bonds. The van der Waals surface area contributed by atoms with E-state index >= 15 is 0 Å². The van der Waals surface area contributed by atoms with E-state index in [4.69, 9.17) is 4.74 Å². The van der Waals surface area contributed by atoms with Crippen LogP contribution in [0.5, 0.6) is 0 Å². The Hall–Kier alpha value is -2.83. The molecule has 0 saturated carbocycles. The van der Waals surface area contributed by atoms with Gasteiger partial charge in [-0.05, 0) is 31.1 Å². The molecule has 0 aromatic carbocycles. The molecule has 7 nitrogen and oxygen atoms in total. The molecule has 0 spiro atoms. The van der Waals surface area contributed by atoms with Crippen molar-refractivity contribution in [2.45, 2.75) is 13.3 Å². The highest BCUT2D eigenvalue weighted by Crippen LogP contribution is 2.30. The van der Waals surface area contributed by atoms with Gasteiger partial charge in [-0.3, -0.25) is 0 Å². The molecule has 120 valence electrons. The number of carbonyl (C=O) groups is 2. The topological polar surface area (TPSA) is 84.7 Å². The average Bonchev–Trinajstić information content (AvgIpc) is 2.95. The lowest BCUT2D eigenvalue weighted by Gasteiger charge is -2.25. The summed E-state index contributed by atoms with van der Waals surface area (Å²) in [5.41, 5.74) is 2.28. The fraction of sp³-hybridized carbons (Fsp3) is 0.312. The summed E-state index contributed by atoms with van der Waals surface area (Å²) in [4.78, 5) is 28.9. The Kier molecular flexibility index (Phi) is 4.01. The highest BCUT2D eigenvalue weighted by molar-refractivity contribution is 5.96. The summed E-state index contributed by atoms with van der Waals surface area (Å²) in [6.07, 6.45) is 4.36. The quantitative estimate of drug-likeness (QED) is 0.921. The average molecular weight is 315 g/mol. The maximum Gasteiger partial charge on any atom is 0.417 e. The minimum absolute atomic E-state index is 0.322. The van der Waals surface area contributed by atoms with E-state index in [0.717, 1.165) is 21.1 Å². The predicted octanol–water partition coefficient (Wildman–Crippen LogP) is 2.81. The number of aromatic nitrogens is 2. The summed E-state index contributed by atoms with van der Waals surface area (Å²) in [7, 11) is 0. The fourth-order valence-corrected chi connectivity index (χ4v) is 2.76. The number of carboxylic acid groups (broad SMARTS) is 1. The predicted molar refractivity (Wildman–Crippen MR) is 84.3 cm³/mol. The van der Waals surface area contributed by atoms with Crippen LogP contribution in [0.1, 0.15) is 18.9 Å². The van der Waals surface area contributed by atoms with Crippen LogP contribution in [0.25, 0.3) is 16.6 Å². The Balaban J connectivity index is 1.93. The van der Waals surface area contributed by atoms with E-state index < -0.39 is 6.09 Å². The van der Waals surface area contributed by atoms with Gasteiger partial charge in [-0.1, -0.05) is 6.08 Å². The molecule has 0 unspecified atom stereocenters. The number of ether oxygens (including phenoxy) is 1. The fourth-order valence-electron chi connectivity index (χ4n) is 2.76. The molecule has 7 heteroatoms. The van der Waals surface area contributed by atoms with Gasteiger partial charge in [0.25, 0.3) is 0 Å². The third kappa shape index (κ3) is 2.77. The molecule has 1 aliphatic heterocycles. The zero-order valence-electron chi connectivity index (χ0n) is 12.7. The Bertz CT molecular complexity index is 794. The maximum atomic E-state index is 11.7. The molecule has 23 heavy (non-hydrogen) atoms. The highest BCUT2D eigenvalue weighted by Gasteiger charge is 2.22. The number of amides is 1. The molecular formula is C16H17N3O4. The summed E-state index contributed by atoms with van der Waals surface area (Å²) >= 11 is 0. The van der Waals surface area contributed by atoms with Crippen LogP contribution in [-0.4, -0.2) is 51.4 Å². The first-order valence-electron chi connectivity index (χ1n) is 7.42. The van der Waals surface area contributed by atoms with E-state index in [1.54, 1.807) is 30.3 Å². The molecule has 2 aromatic rings. The van der Waals surface area contributed by atoms with Gasteiger partial charge in [-0.25, -0.2) is 19.1 Å². The minimum atomic E-state index is -1.07. The number of nitrogens with zero attached hydrogens (tertiary/aromatic N) is 3. The number of hydrogen-bond donors (Lipinski definition) is 1. The van der Waals surface area contributed by atoms with Gasteiger partial charge < -0.3 is 14.7 Å². The van der Waals surface area contributed by atoms with Crippen LogP contribution in [0.15, 0.2) is 30.6 Å². The molecule has 3 heterocycles. The van der Waals surface area contributed by atoms with Crippen molar-refractivity contribution in [3.63, 3.8) is 0 Å². The van der Waals surface area contributed by atoms with E-state index in [-0.39, 0.29) is 6.09 Å². The first kappa shape index (κ1) is 15.1. The van der Waals surface area contributed by atoms with Crippen molar-refractivity contribution < 1.29 is 19.4 Å². The Morgan fingerprint density at radius 3 is 2.91 bits per heavy atom. The summed E-state index contributed by atoms with van der Waals surface area (Å²) < 4.78 is 6.12. The van der Waals surface area contributed by atoms with Crippen LogP contribution in [0, 0.1) is 0 Å². The summed E-state index contributed by atoms with van der Waals surface area (Å²) in [5.74, 6) is 0. The van der Waals surface area contributed by atoms with Gasteiger partial charge in [0.15, 0.2) is 0 Å². The molecule has 0 atom stereocenters. The number of pyridine rings is 1. The van der Waals surface area contributed by atoms with Crippen molar-refractivity contribution in [3.8, 4) is 0 Å². The first-order valence-corrected chi connectivity index (χ1v) is 7.42. The number of carbonyl (C=O) groups excluding carboxylic acids is 1. The molecule has 0 radical (unpaired) electrons. The van der Waals surface area contributed by atoms with Crippen LogP contribution < -0.4 is 0 Å². The largest absolute Gasteiger partial charge is 0.464 e. The molecule has 0 fully saturated rings. The van der Waals surface area contributed by atoms with Gasteiger partial charge in [-0.15, -0.1) is 0 Å². The normalized spacial score (nSPS) is 14.7. The summed E-state index contributed by atoms with van der Waals surface area (Å²) in [5, 5.41) is 10.1. The van der Waals surface area contributed by atoms with Crippen LogP contribution >= 0.6 is 0 Å². The summed E-state index contributed by atoms with van der Waals surface area (Å²) in [6, 6.07) is 3.64. The lowest BCUT2D eigenvalue weighted by molar-refractivity contribution is 0.111. The van der Waals surface area contributed by atoms with E-state index in [2.05, 4.69) is 4.98 Å². The number of rotatable bonds is 2. The first-order chi connectivity index (χ1) is 11.1. The van der Waals surface area contributed by atoms with Gasteiger partial charge in [0.05, 0.1) is 6.61 Å². The van der Waals surface area contributed by atoms with Crippen LogP contribution in [0.2, 0.25) is 0 Å². The zero-order chi connectivity index (χ0) is 16.4. The van der Waals surface area contributed by atoms with E-state index in [9.17, 15) is 14.7 Å².